The number of hydrogen-bond donors (Lipinski definition) is 3. The van der Waals surface area contributed by atoms with Crippen molar-refractivity contribution in [2.24, 2.45) is 5.73 Å². The molecule has 0 aromatic heterocycles. The van der Waals surface area contributed by atoms with Gasteiger partial charge in [0.2, 0.25) is 5.91 Å². The molecule has 0 fully saturated rings. The standard InChI is InChI=1S/C26H43N3O3S/c1-7-24(30)28-23(25(31)29-26(27)32)18-33-17-16-22(15-14-20(4)5)13-9-12-21(6)11-8-10-19(2)3/h10,12,14,16,23H,7-9,11,13,15,17-18H2,1-6H3,(H,28,30)(H3,27,29,31,32). The number of allylic oxidation sites excluding steroid dienone is 7. The van der Waals surface area contributed by atoms with E-state index in [1.807, 2.05) is 0 Å². The summed E-state index contributed by atoms with van der Waals surface area (Å²) < 4.78 is 0. The van der Waals surface area contributed by atoms with Gasteiger partial charge < -0.3 is 11.1 Å². The van der Waals surface area contributed by atoms with E-state index in [2.05, 4.69) is 69.6 Å². The van der Waals surface area contributed by atoms with Gasteiger partial charge in [-0.2, -0.15) is 11.8 Å². The zero-order valence-corrected chi connectivity index (χ0v) is 22.1. The van der Waals surface area contributed by atoms with Crippen molar-refractivity contribution in [3.05, 3.63) is 46.6 Å². The average molecular weight is 478 g/mol. The molecular formula is C26H43N3O3S. The molecule has 0 bridgehead atoms. The summed E-state index contributed by atoms with van der Waals surface area (Å²) >= 11 is 1.54. The van der Waals surface area contributed by atoms with E-state index < -0.39 is 18.0 Å². The van der Waals surface area contributed by atoms with Crippen molar-refractivity contribution >= 4 is 29.6 Å². The zero-order chi connectivity index (χ0) is 25.2. The Balaban J connectivity index is 4.92. The van der Waals surface area contributed by atoms with Crippen LogP contribution in [-0.4, -0.2) is 35.4 Å². The highest BCUT2D eigenvalue weighted by atomic mass is 32.2. The molecule has 0 spiro atoms. The Morgan fingerprint density at radius 1 is 0.909 bits per heavy atom. The third-order valence-electron chi connectivity index (χ3n) is 4.82. The van der Waals surface area contributed by atoms with Crippen molar-refractivity contribution in [2.75, 3.05) is 11.5 Å². The summed E-state index contributed by atoms with van der Waals surface area (Å²) in [4.78, 5) is 34.9. The van der Waals surface area contributed by atoms with Crippen molar-refractivity contribution < 1.29 is 14.4 Å². The Morgan fingerprint density at radius 3 is 2.12 bits per heavy atom. The zero-order valence-electron chi connectivity index (χ0n) is 21.3. The molecule has 1 atom stereocenters. The van der Waals surface area contributed by atoms with Crippen LogP contribution in [0.1, 0.15) is 80.1 Å². The molecule has 7 heteroatoms. The number of carbonyl (C=O) groups excluding carboxylic acids is 3. The summed E-state index contributed by atoms with van der Waals surface area (Å²) in [5.74, 6) is 0.254. The molecule has 0 aliphatic heterocycles. The number of hydrogen-bond acceptors (Lipinski definition) is 4. The van der Waals surface area contributed by atoms with E-state index in [9.17, 15) is 14.4 Å². The van der Waals surface area contributed by atoms with Gasteiger partial charge in [-0.1, -0.05) is 53.5 Å². The quantitative estimate of drug-likeness (QED) is 0.212. The highest BCUT2D eigenvalue weighted by Gasteiger charge is 2.21. The third kappa shape index (κ3) is 17.9. The first-order valence-corrected chi connectivity index (χ1v) is 12.8. The largest absolute Gasteiger partial charge is 0.351 e. The SMILES string of the molecule is CCC(=O)NC(CSCC=C(CC=C(C)C)CCC=C(C)CCC=C(C)C)C(=O)NC(N)=O. The molecule has 0 rings (SSSR count). The molecule has 0 heterocycles. The van der Waals surface area contributed by atoms with Crippen LogP contribution in [0.3, 0.4) is 0 Å². The molecule has 186 valence electrons. The maximum atomic E-state index is 12.2. The first-order chi connectivity index (χ1) is 15.5. The smallest absolute Gasteiger partial charge is 0.318 e. The van der Waals surface area contributed by atoms with Crippen LogP contribution in [-0.2, 0) is 9.59 Å². The van der Waals surface area contributed by atoms with Crippen LogP contribution in [0.15, 0.2) is 46.6 Å². The second kappa shape index (κ2) is 18.2. The number of nitrogens with one attached hydrogen (secondary N) is 2. The maximum Gasteiger partial charge on any atom is 0.318 e. The Morgan fingerprint density at radius 2 is 1.55 bits per heavy atom. The molecular weight excluding hydrogens is 434 g/mol. The number of primary amides is 1. The Hall–Kier alpha value is -2.28. The monoisotopic (exact) mass is 477 g/mol. The van der Waals surface area contributed by atoms with Crippen molar-refractivity contribution in [2.45, 2.75) is 86.1 Å². The van der Waals surface area contributed by atoms with Gasteiger partial charge in [0, 0.05) is 17.9 Å². The Kier molecular flexibility index (Phi) is 16.9. The van der Waals surface area contributed by atoms with Gasteiger partial charge in [-0.05, 0) is 66.7 Å². The van der Waals surface area contributed by atoms with Crippen LogP contribution >= 0.6 is 11.8 Å². The molecule has 0 aliphatic carbocycles. The van der Waals surface area contributed by atoms with Gasteiger partial charge >= 0.3 is 6.03 Å². The highest BCUT2D eigenvalue weighted by molar-refractivity contribution is 7.99. The van der Waals surface area contributed by atoms with Gasteiger partial charge in [-0.3, -0.25) is 14.9 Å². The first kappa shape index (κ1) is 30.7. The van der Waals surface area contributed by atoms with E-state index in [-0.39, 0.29) is 12.3 Å². The van der Waals surface area contributed by atoms with Crippen LogP contribution in [0.5, 0.6) is 0 Å². The van der Waals surface area contributed by atoms with Crippen LogP contribution in [0, 0.1) is 0 Å². The molecule has 4 N–H and O–H groups in total. The highest BCUT2D eigenvalue weighted by Crippen LogP contribution is 2.17. The van der Waals surface area contributed by atoms with Gasteiger partial charge in [-0.15, -0.1) is 0 Å². The number of urea groups is 1. The minimum atomic E-state index is -0.922. The van der Waals surface area contributed by atoms with Crippen molar-refractivity contribution in [1.29, 1.82) is 0 Å². The van der Waals surface area contributed by atoms with Crippen LogP contribution in [0.4, 0.5) is 4.79 Å². The second-order valence-electron chi connectivity index (χ2n) is 8.62. The fourth-order valence-electron chi connectivity index (χ4n) is 2.87. The molecule has 6 nitrogen and oxygen atoms in total. The van der Waals surface area contributed by atoms with Gasteiger partial charge in [0.05, 0.1) is 0 Å². The molecule has 0 aromatic carbocycles. The van der Waals surface area contributed by atoms with Gasteiger partial charge in [-0.25, -0.2) is 4.79 Å². The van der Waals surface area contributed by atoms with Gasteiger partial charge in [0.15, 0.2) is 0 Å². The number of rotatable bonds is 15. The predicted octanol–water partition coefficient (Wildman–Crippen LogP) is 5.56. The maximum absolute atomic E-state index is 12.2. The molecule has 0 aliphatic rings. The summed E-state index contributed by atoms with van der Waals surface area (Å²) in [6.07, 6.45) is 14.4. The van der Waals surface area contributed by atoms with E-state index in [1.54, 1.807) is 6.92 Å². The van der Waals surface area contributed by atoms with E-state index >= 15 is 0 Å². The van der Waals surface area contributed by atoms with E-state index in [0.29, 0.717) is 5.75 Å². The van der Waals surface area contributed by atoms with E-state index in [1.165, 1.54) is 34.1 Å². The predicted molar refractivity (Wildman–Crippen MR) is 141 cm³/mol. The van der Waals surface area contributed by atoms with Gasteiger partial charge in [0.1, 0.15) is 6.04 Å². The topological polar surface area (TPSA) is 101 Å². The van der Waals surface area contributed by atoms with Gasteiger partial charge in [0.25, 0.3) is 5.91 Å². The summed E-state index contributed by atoms with van der Waals surface area (Å²) in [7, 11) is 0. The molecule has 4 amide bonds. The third-order valence-corrected chi connectivity index (χ3v) is 5.79. The minimum absolute atomic E-state index is 0.244. The Bertz CT molecular complexity index is 759. The first-order valence-electron chi connectivity index (χ1n) is 11.6. The summed E-state index contributed by atoms with van der Waals surface area (Å²) in [5, 5.41) is 4.70. The number of nitrogens with two attached hydrogens (primary N) is 1. The van der Waals surface area contributed by atoms with Crippen molar-refractivity contribution in [1.82, 2.24) is 10.6 Å². The van der Waals surface area contributed by atoms with Crippen LogP contribution < -0.4 is 16.4 Å². The lowest BCUT2D eigenvalue weighted by Crippen LogP contribution is -2.51. The molecule has 0 aromatic rings. The van der Waals surface area contributed by atoms with E-state index in [0.717, 1.165) is 37.9 Å². The fourth-order valence-corrected chi connectivity index (χ4v) is 3.83. The number of carbonyl (C=O) groups is 3. The number of amides is 4. The summed E-state index contributed by atoms with van der Waals surface area (Å²) in [6.45, 7) is 12.3. The minimum Gasteiger partial charge on any atom is -0.351 e. The van der Waals surface area contributed by atoms with Crippen molar-refractivity contribution in [3.8, 4) is 0 Å². The number of imide groups is 1. The molecule has 0 saturated heterocycles. The normalized spacial score (nSPS) is 12.5. The second-order valence-corrected chi connectivity index (χ2v) is 9.70. The van der Waals surface area contributed by atoms with Crippen LogP contribution in [0.25, 0.3) is 0 Å². The fraction of sp³-hybridized carbons (Fsp3) is 0.577. The lowest BCUT2D eigenvalue weighted by molar-refractivity contribution is -0.127. The molecule has 0 radical (unpaired) electrons. The number of thioether (sulfide) groups is 1. The average Bonchev–Trinajstić information content (AvgIpc) is 2.72. The lowest BCUT2D eigenvalue weighted by Gasteiger charge is -2.16. The molecule has 1 unspecified atom stereocenters. The van der Waals surface area contributed by atoms with Crippen LogP contribution in [0.2, 0.25) is 0 Å². The Labute approximate surface area is 204 Å². The molecule has 0 saturated carbocycles. The lowest BCUT2D eigenvalue weighted by atomic mass is 10.0. The summed E-state index contributed by atoms with van der Waals surface area (Å²) in [6, 6.07) is -1.72. The molecule has 33 heavy (non-hydrogen) atoms. The van der Waals surface area contributed by atoms with E-state index in [4.69, 9.17) is 5.73 Å². The summed E-state index contributed by atoms with van der Waals surface area (Å²) in [5.41, 5.74) is 10.5. The van der Waals surface area contributed by atoms with Crippen molar-refractivity contribution in [3.63, 3.8) is 0 Å².